The lowest BCUT2D eigenvalue weighted by atomic mass is 9.98. The van der Waals surface area contributed by atoms with Crippen molar-refractivity contribution >= 4 is 5.91 Å². The van der Waals surface area contributed by atoms with Crippen LogP contribution in [-0.2, 0) is 11.2 Å². The molecular weight excluding hydrogens is 278 g/mol. The maximum Gasteiger partial charge on any atom is 0.227 e. The average Bonchev–Trinajstić information content (AvgIpc) is 2.98. The van der Waals surface area contributed by atoms with E-state index in [9.17, 15) is 15.0 Å². The summed E-state index contributed by atoms with van der Waals surface area (Å²) in [6.07, 6.45) is 1.26. The van der Waals surface area contributed by atoms with Gasteiger partial charge in [-0.3, -0.25) is 4.79 Å². The van der Waals surface area contributed by atoms with Gasteiger partial charge in [-0.05, 0) is 41.8 Å². The minimum atomic E-state index is 0.0897. The highest BCUT2D eigenvalue weighted by Crippen LogP contribution is 2.28. The van der Waals surface area contributed by atoms with E-state index in [0.29, 0.717) is 18.9 Å². The van der Waals surface area contributed by atoms with Gasteiger partial charge in [0.2, 0.25) is 5.91 Å². The topological polar surface area (TPSA) is 60.8 Å². The maximum atomic E-state index is 12.4. The zero-order valence-corrected chi connectivity index (χ0v) is 12.3. The summed E-state index contributed by atoms with van der Waals surface area (Å²) in [5.41, 5.74) is 1.99. The average molecular weight is 297 g/mol. The van der Waals surface area contributed by atoms with Crippen LogP contribution < -0.4 is 0 Å². The van der Waals surface area contributed by atoms with E-state index in [1.807, 2.05) is 23.1 Å². The van der Waals surface area contributed by atoms with Gasteiger partial charge in [0.25, 0.3) is 0 Å². The van der Waals surface area contributed by atoms with E-state index in [1.165, 1.54) is 0 Å². The van der Waals surface area contributed by atoms with Crippen molar-refractivity contribution in [1.29, 1.82) is 0 Å². The Kier molecular flexibility index (Phi) is 4.00. The SMILES string of the molecule is O=C(Cc1cccc(O)c1)N1CC[C@H](c2ccc(O)cc2)C1. The predicted molar refractivity (Wildman–Crippen MR) is 83.9 cm³/mol. The van der Waals surface area contributed by atoms with Gasteiger partial charge in [-0.1, -0.05) is 24.3 Å². The van der Waals surface area contributed by atoms with Gasteiger partial charge >= 0.3 is 0 Å². The molecule has 2 N–H and O–H groups in total. The lowest BCUT2D eigenvalue weighted by Crippen LogP contribution is -2.29. The van der Waals surface area contributed by atoms with Gasteiger partial charge in [0, 0.05) is 19.0 Å². The van der Waals surface area contributed by atoms with E-state index >= 15 is 0 Å². The van der Waals surface area contributed by atoms with Gasteiger partial charge in [0.1, 0.15) is 11.5 Å². The molecule has 2 aromatic rings. The first-order chi connectivity index (χ1) is 10.6. The Hall–Kier alpha value is -2.49. The van der Waals surface area contributed by atoms with Crippen molar-refractivity contribution in [1.82, 2.24) is 4.90 Å². The van der Waals surface area contributed by atoms with E-state index in [4.69, 9.17) is 0 Å². The summed E-state index contributed by atoms with van der Waals surface area (Å²) < 4.78 is 0. The van der Waals surface area contributed by atoms with Crippen LogP contribution in [0.1, 0.15) is 23.5 Å². The molecule has 4 heteroatoms. The van der Waals surface area contributed by atoms with Crippen LogP contribution in [0.2, 0.25) is 0 Å². The second-order valence-electron chi connectivity index (χ2n) is 5.76. The van der Waals surface area contributed by atoms with Crippen molar-refractivity contribution in [3.8, 4) is 11.5 Å². The molecule has 3 rings (SSSR count). The zero-order valence-electron chi connectivity index (χ0n) is 12.3. The normalized spacial score (nSPS) is 17.6. The predicted octanol–water partition coefficient (Wildman–Crippen LogP) is 2.66. The monoisotopic (exact) mass is 297 g/mol. The molecule has 0 saturated carbocycles. The third-order valence-electron chi connectivity index (χ3n) is 4.17. The molecule has 0 spiro atoms. The molecule has 0 bridgehead atoms. The van der Waals surface area contributed by atoms with Crippen LogP contribution in [0.4, 0.5) is 0 Å². The molecule has 0 aromatic heterocycles. The number of phenols is 2. The van der Waals surface area contributed by atoms with E-state index in [0.717, 1.165) is 24.1 Å². The largest absolute Gasteiger partial charge is 0.508 e. The minimum absolute atomic E-state index is 0.0897. The lowest BCUT2D eigenvalue weighted by molar-refractivity contribution is -0.129. The van der Waals surface area contributed by atoms with Crippen LogP contribution in [0.3, 0.4) is 0 Å². The first-order valence-corrected chi connectivity index (χ1v) is 7.46. The molecule has 1 aliphatic heterocycles. The van der Waals surface area contributed by atoms with Crippen LogP contribution in [0.25, 0.3) is 0 Å². The molecule has 114 valence electrons. The van der Waals surface area contributed by atoms with Gasteiger partial charge in [-0.2, -0.15) is 0 Å². The Morgan fingerprint density at radius 2 is 1.86 bits per heavy atom. The smallest absolute Gasteiger partial charge is 0.227 e. The molecule has 2 aromatic carbocycles. The first-order valence-electron chi connectivity index (χ1n) is 7.46. The molecule has 1 saturated heterocycles. The fourth-order valence-electron chi connectivity index (χ4n) is 2.96. The number of amides is 1. The van der Waals surface area contributed by atoms with Gasteiger partial charge in [0.05, 0.1) is 6.42 Å². The van der Waals surface area contributed by atoms with Gasteiger partial charge in [-0.15, -0.1) is 0 Å². The summed E-state index contributed by atoms with van der Waals surface area (Å²) in [5, 5.41) is 18.8. The standard InChI is InChI=1S/C18H19NO3/c20-16-6-4-14(5-7-16)15-8-9-19(12-15)18(22)11-13-2-1-3-17(21)10-13/h1-7,10,15,20-21H,8-9,11-12H2/t15-/m0/s1. The highest BCUT2D eigenvalue weighted by molar-refractivity contribution is 5.79. The molecule has 4 nitrogen and oxygen atoms in total. The van der Waals surface area contributed by atoms with E-state index in [-0.39, 0.29) is 17.4 Å². The number of nitrogens with zero attached hydrogens (tertiary/aromatic N) is 1. The van der Waals surface area contributed by atoms with Crippen molar-refractivity contribution in [3.05, 3.63) is 59.7 Å². The molecular formula is C18H19NO3. The van der Waals surface area contributed by atoms with Crippen molar-refractivity contribution in [3.63, 3.8) is 0 Å². The maximum absolute atomic E-state index is 12.4. The Balaban J connectivity index is 1.62. The van der Waals surface area contributed by atoms with Gasteiger partial charge < -0.3 is 15.1 Å². The summed E-state index contributed by atoms with van der Waals surface area (Å²) in [6, 6.07) is 14.0. The summed E-state index contributed by atoms with van der Waals surface area (Å²) in [7, 11) is 0. The number of phenolic OH excluding ortho intramolecular Hbond substituents is 2. The fraction of sp³-hybridized carbons (Fsp3) is 0.278. The van der Waals surface area contributed by atoms with E-state index < -0.39 is 0 Å². The van der Waals surface area contributed by atoms with Gasteiger partial charge in [-0.25, -0.2) is 0 Å². The van der Waals surface area contributed by atoms with Crippen molar-refractivity contribution < 1.29 is 15.0 Å². The van der Waals surface area contributed by atoms with Crippen molar-refractivity contribution in [2.75, 3.05) is 13.1 Å². The van der Waals surface area contributed by atoms with Crippen LogP contribution in [-0.4, -0.2) is 34.1 Å². The molecule has 22 heavy (non-hydrogen) atoms. The minimum Gasteiger partial charge on any atom is -0.508 e. The Bertz CT molecular complexity index is 666. The summed E-state index contributed by atoms with van der Waals surface area (Å²) >= 11 is 0. The molecule has 1 aliphatic rings. The number of hydrogen-bond donors (Lipinski definition) is 2. The van der Waals surface area contributed by atoms with E-state index in [1.54, 1.807) is 30.3 Å². The third-order valence-corrected chi connectivity index (χ3v) is 4.17. The summed E-state index contributed by atoms with van der Waals surface area (Å²) in [4.78, 5) is 14.2. The molecule has 1 heterocycles. The highest BCUT2D eigenvalue weighted by Gasteiger charge is 2.27. The fourth-order valence-corrected chi connectivity index (χ4v) is 2.96. The number of carbonyl (C=O) groups excluding carboxylic acids is 1. The molecule has 0 aliphatic carbocycles. The lowest BCUT2D eigenvalue weighted by Gasteiger charge is -2.17. The van der Waals surface area contributed by atoms with Crippen molar-refractivity contribution in [2.45, 2.75) is 18.8 Å². The number of carbonyl (C=O) groups is 1. The molecule has 0 unspecified atom stereocenters. The summed E-state index contributed by atoms with van der Waals surface area (Å²) in [5.74, 6) is 0.868. The number of aromatic hydroxyl groups is 2. The van der Waals surface area contributed by atoms with E-state index in [2.05, 4.69) is 0 Å². The number of likely N-dealkylation sites (tertiary alicyclic amines) is 1. The first kappa shape index (κ1) is 14.4. The quantitative estimate of drug-likeness (QED) is 0.915. The van der Waals surface area contributed by atoms with Crippen LogP contribution in [0.5, 0.6) is 11.5 Å². The third kappa shape index (κ3) is 3.22. The van der Waals surface area contributed by atoms with Crippen molar-refractivity contribution in [2.24, 2.45) is 0 Å². The zero-order chi connectivity index (χ0) is 15.5. The molecule has 1 amide bonds. The Morgan fingerprint density at radius 3 is 2.59 bits per heavy atom. The highest BCUT2D eigenvalue weighted by atomic mass is 16.3. The second kappa shape index (κ2) is 6.10. The molecule has 1 atom stereocenters. The number of hydrogen-bond acceptors (Lipinski definition) is 3. The number of rotatable bonds is 3. The summed E-state index contributed by atoms with van der Waals surface area (Å²) in [6.45, 7) is 1.46. The number of benzene rings is 2. The Labute approximate surface area is 129 Å². The molecule has 0 radical (unpaired) electrons. The van der Waals surface area contributed by atoms with Crippen LogP contribution >= 0.6 is 0 Å². The molecule has 1 fully saturated rings. The van der Waals surface area contributed by atoms with Crippen LogP contribution in [0.15, 0.2) is 48.5 Å². The van der Waals surface area contributed by atoms with Crippen LogP contribution in [0, 0.1) is 0 Å². The Morgan fingerprint density at radius 1 is 1.09 bits per heavy atom. The van der Waals surface area contributed by atoms with Gasteiger partial charge in [0.15, 0.2) is 0 Å². The second-order valence-corrected chi connectivity index (χ2v) is 5.76.